The van der Waals surface area contributed by atoms with Crippen LogP contribution in [0.25, 0.3) is 31.3 Å². The molecular formula is C78H50B2N4S2Se. The summed E-state index contributed by atoms with van der Waals surface area (Å²) in [5.41, 5.74) is 24.6. The maximum absolute atomic E-state index is 2.71. The van der Waals surface area contributed by atoms with Crippen LogP contribution in [0.1, 0.15) is 0 Å². The van der Waals surface area contributed by atoms with E-state index in [1.54, 1.807) is 0 Å². The van der Waals surface area contributed by atoms with Crippen molar-refractivity contribution in [2.24, 2.45) is 0 Å². The molecule has 4 nitrogen and oxygen atoms in total. The number of nitrogens with zero attached hydrogens (tertiary/aromatic N) is 4. The molecule has 0 fully saturated rings. The van der Waals surface area contributed by atoms with Gasteiger partial charge in [-0.05, 0) is 0 Å². The molecule has 1 aromatic heterocycles. The average molecular weight is 1210 g/mol. The SMILES string of the molecule is c1ccc(N(c2ccccc2)c2cc3c4c(c2)N(c2ccccc2)c2ccccc2B4c2cc4c(c(-c5ccc6sc7ccccc7c6c5)c2S3)[Se]c2cc(N(c3ccccc3)c3ccccc3)cc3c2B4c2ccccc2N3c2ccccc2)cc1. The van der Waals surface area contributed by atoms with Gasteiger partial charge < -0.3 is 0 Å². The van der Waals surface area contributed by atoms with E-state index in [4.69, 9.17) is 0 Å². The number of fused-ring (bicyclic) bond motifs is 11. The van der Waals surface area contributed by atoms with Gasteiger partial charge in [0.15, 0.2) is 0 Å². The molecule has 0 saturated heterocycles. The van der Waals surface area contributed by atoms with Gasteiger partial charge in [-0.3, -0.25) is 0 Å². The van der Waals surface area contributed by atoms with Gasteiger partial charge in [0, 0.05) is 0 Å². The number of para-hydroxylation sites is 8. The first-order chi connectivity index (χ1) is 43.2. The fourth-order valence-electron chi connectivity index (χ4n) is 14.3. The van der Waals surface area contributed by atoms with E-state index in [0.29, 0.717) is 0 Å². The topological polar surface area (TPSA) is 13.0 Å². The summed E-state index contributed by atoms with van der Waals surface area (Å²) in [5, 5.41) is 2.62. The molecular weight excluding hydrogens is 1160 g/mol. The molecule has 9 heteroatoms. The Labute approximate surface area is 521 Å². The predicted octanol–water partition coefficient (Wildman–Crippen LogP) is 15.7. The maximum atomic E-state index is 2.71. The zero-order chi connectivity index (χ0) is 57.1. The van der Waals surface area contributed by atoms with Gasteiger partial charge in [0.05, 0.1) is 0 Å². The van der Waals surface area contributed by atoms with Gasteiger partial charge in [-0.15, -0.1) is 0 Å². The van der Waals surface area contributed by atoms with Crippen LogP contribution >= 0.6 is 23.1 Å². The van der Waals surface area contributed by atoms with Crippen molar-refractivity contribution in [3.8, 4) is 11.1 Å². The van der Waals surface area contributed by atoms with Crippen LogP contribution in [0.2, 0.25) is 0 Å². The standard InChI is InChI=1S/C78H50B2N4S2Se/c1-7-25-52(26-8-1)81(53-27-9-2-10-28-53)58-46-68-75-72(48-58)86-77-64(79(75)62-38-20-22-40-66(62)83(68)56-33-15-5-16-34-56)50-65-78(74(77)51-43-44-71-61(45-51)60-37-19-24-42-70(60)85-71)87-73-49-59(82(54-29-11-3-12-30-54)55-31-13-4-14-32-55)47-69-76(73)80(65)63-39-21-23-41-67(63)84(69)57-35-17-6-18-36-57/h1-50H. The van der Waals surface area contributed by atoms with Gasteiger partial charge in [0.25, 0.3) is 0 Å². The van der Waals surface area contributed by atoms with E-state index in [-0.39, 0.29) is 28.4 Å². The van der Waals surface area contributed by atoms with Crippen molar-refractivity contribution in [2.75, 3.05) is 19.6 Å². The molecule has 0 bridgehead atoms. The molecule has 14 aromatic rings. The molecule has 5 heterocycles. The molecule has 406 valence electrons. The fourth-order valence-corrected chi connectivity index (χ4v) is 19.7. The fraction of sp³-hybridized carbons (Fsp3) is 0. The van der Waals surface area contributed by atoms with Crippen molar-refractivity contribution in [3.63, 3.8) is 0 Å². The van der Waals surface area contributed by atoms with Gasteiger partial charge in [0.2, 0.25) is 0 Å². The van der Waals surface area contributed by atoms with Crippen molar-refractivity contribution in [1.82, 2.24) is 0 Å². The molecule has 0 amide bonds. The molecule has 0 aliphatic carbocycles. The molecule has 0 radical (unpaired) electrons. The van der Waals surface area contributed by atoms with Crippen LogP contribution in [-0.2, 0) is 0 Å². The second kappa shape index (κ2) is 20.5. The third-order valence-corrected chi connectivity index (χ3v) is 22.7. The van der Waals surface area contributed by atoms with E-state index in [9.17, 15) is 0 Å². The van der Waals surface area contributed by atoms with Gasteiger partial charge in [0.1, 0.15) is 0 Å². The number of thiophene rings is 1. The summed E-state index contributed by atoms with van der Waals surface area (Å²) in [5.74, 6) is 0. The Morgan fingerprint density at radius 2 is 0.793 bits per heavy atom. The summed E-state index contributed by atoms with van der Waals surface area (Å²) < 4.78 is 5.47. The second-order valence-corrected chi connectivity index (χ2v) is 27.0. The number of rotatable bonds is 9. The summed E-state index contributed by atoms with van der Waals surface area (Å²) in [7, 11) is 0. The van der Waals surface area contributed by atoms with Crippen molar-refractivity contribution in [3.05, 3.63) is 303 Å². The van der Waals surface area contributed by atoms with Crippen LogP contribution in [0.4, 0.5) is 68.2 Å². The van der Waals surface area contributed by atoms with Crippen LogP contribution in [0.3, 0.4) is 0 Å². The van der Waals surface area contributed by atoms with E-state index in [0.717, 1.165) is 45.5 Å². The molecule has 0 saturated carbocycles. The normalized spacial score (nSPS) is 13.1. The first kappa shape index (κ1) is 50.6. The number of anilines is 12. The molecule has 0 spiro atoms. The molecule has 0 N–H and O–H groups in total. The third-order valence-electron chi connectivity index (χ3n) is 17.9. The molecule has 87 heavy (non-hydrogen) atoms. The van der Waals surface area contributed by atoms with Crippen molar-refractivity contribution >= 4 is 182 Å². The molecule has 13 aromatic carbocycles. The second-order valence-electron chi connectivity index (χ2n) is 22.7. The first-order valence-electron chi connectivity index (χ1n) is 29.7. The molecule has 4 aliphatic heterocycles. The van der Waals surface area contributed by atoms with Gasteiger partial charge in [-0.25, -0.2) is 0 Å². The number of hydrogen-bond donors (Lipinski definition) is 0. The monoisotopic (exact) mass is 1210 g/mol. The summed E-state index contributed by atoms with van der Waals surface area (Å²) >= 11 is 3.71. The van der Waals surface area contributed by atoms with Crippen LogP contribution in [0.15, 0.2) is 313 Å². The van der Waals surface area contributed by atoms with E-state index in [1.807, 2.05) is 23.1 Å². The third kappa shape index (κ3) is 8.08. The number of hydrogen-bond acceptors (Lipinski definition) is 6. The Bertz CT molecular complexity index is 4700. The molecule has 4 aliphatic rings. The predicted molar refractivity (Wildman–Crippen MR) is 375 cm³/mol. The Kier molecular flexibility index (Phi) is 11.9. The van der Waals surface area contributed by atoms with Crippen LogP contribution in [0.5, 0.6) is 0 Å². The average Bonchev–Trinajstić information content (AvgIpc) is 1.04. The van der Waals surface area contributed by atoms with Gasteiger partial charge in [-0.2, -0.15) is 0 Å². The van der Waals surface area contributed by atoms with Crippen LogP contribution in [0, 0.1) is 0 Å². The van der Waals surface area contributed by atoms with E-state index in [2.05, 4.69) is 323 Å². The quantitative estimate of drug-likeness (QED) is 0.133. The van der Waals surface area contributed by atoms with Crippen LogP contribution < -0.4 is 61.3 Å². The Hall–Kier alpha value is -9.72. The van der Waals surface area contributed by atoms with Crippen LogP contribution in [-0.4, -0.2) is 28.4 Å². The molecule has 0 unspecified atom stereocenters. The summed E-state index contributed by atoms with van der Waals surface area (Å²) in [6, 6.07) is 113. The summed E-state index contributed by atoms with van der Waals surface area (Å²) in [6.45, 7) is -0.130. The van der Waals surface area contributed by atoms with E-state index < -0.39 is 0 Å². The minimum atomic E-state index is -0.171. The summed E-state index contributed by atoms with van der Waals surface area (Å²) in [4.78, 5) is 12.6. The van der Waals surface area contributed by atoms with Gasteiger partial charge in [-0.1, -0.05) is 0 Å². The Balaban J connectivity index is 0.951. The molecule has 0 atom stereocenters. The van der Waals surface area contributed by atoms with E-state index in [1.165, 1.54) is 106 Å². The van der Waals surface area contributed by atoms with Gasteiger partial charge >= 0.3 is 525 Å². The summed E-state index contributed by atoms with van der Waals surface area (Å²) in [6.07, 6.45) is 0. The minimum absolute atomic E-state index is 0.0549. The number of benzene rings is 13. The van der Waals surface area contributed by atoms with Crippen molar-refractivity contribution < 1.29 is 0 Å². The zero-order valence-corrected chi connectivity index (χ0v) is 50.4. The van der Waals surface area contributed by atoms with Crippen molar-refractivity contribution in [2.45, 2.75) is 9.79 Å². The van der Waals surface area contributed by atoms with E-state index >= 15 is 0 Å². The first-order valence-corrected chi connectivity index (χ1v) is 33.1. The Morgan fingerprint density at radius 3 is 1.36 bits per heavy atom. The van der Waals surface area contributed by atoms with Crippen molar-refractivity contribution in [1.29, 1.82) is 0 Å². The zero-order valence-electron chi connectivity index (χ0n) is 47.0. The molecule has 18 rings (SSSR count). The Morgan fingerprint density at radius 1 is 0.333 bits per heavy atom.